The van der Waals surface area contributed by atoms with Gasteiger partial charge in [0.2, 0.25) is 0 Å². The second-order valence-electron chi connectivity index (χ2n) is 4.61. The van der Waals surface area contributed by atoms with Gasteiger partial charge in [-0.1, -0.05) is 30.7 Å². The molecule has 0 saturated heterocycles. The van der Waals surface area contributed by atoms with Gasteiger partial charge in [0, 0.05) is 17.1 Å². The summed E-state index contributed by atoms with van der Waals surface area (Å²) in [4.78, 5) is 4.55. The third-order valence-electron chi connectivity index (χ3n) is 3.57. The highest BCUT2D eigenvalue weighted by Crippen LogP contribution is 2.33. The fraction of sp³-hybridized carbons (Fsp3) is 0.267. The smallest absolute Gasteiger partial charge is 0.0507 e. The van der Waals surface area contributed by atoms with Crippen molar-refractivity contribution in [3.05, 3.63) is 63.9 Å². The van der Waals surface area contributed by atoms with Crippen LogP contribution < -0.4 is 0 Å². The SMILES string of the molecule is C[C@@H]1c2ccc(Cl)cc2CCc2cccnc21. The van der Waals surface area contributed by atoms with Gasteiger partial charge in [0.05, 0.1) is 5.69 Å². The van der Waals surface area contributed by atoms with Gasteiger partial charge in [0.25, 0.3) is 0 Å². The van der Waals surface area contributed by atoms with Crippen LogP contribution in [0.25, 0.3) is 0 Å². The summed E-state index contributed by atoms with van der Waals surface area (Å²) < 4.78 is 0. The first-order valence-corrected chi connectivity index (χ1v) is 6.35. The average Bonchev–Trinajstić information content (AvgIpc) is 2.48. The fourth-order valence-corrected chi connectivity index (χ4v) is 2.88. The molecule has 0 radical (unpaired) electrons. The van der Waals surface area contributed by atoms with Crippen molar-refractivity contribution in [2.24, 2.45) is 0 Å². The van der Waals surface area contributed by atoms with E-state index >= 15 is 0 Å². The number of halogens is 1. The maximum absolute atomic E-state index is 6.07. The van der Waals surface area contributed by atoms with Gasteiger partial charge in [-0.25, -0.2) is 0 Å². The molecule has 1 aromatic heterocycles. The molecule has 0 N–H and O–H groups in total. The third-order valence-corrected chi connectivity index (χ3v) is 3.81. The van der Waals surface area contributed by atoms with Crippen molar-refractivity contribution in [2.45, 2.75) is 25.7 Å². The molecule has 86 valence electrons. The number of aromatic nitrogens is 1. The number of fused-ring (bicyclic) bond motifs is 2. The molecule has 0 aliphatic heterocycles. The standard InChI is InChI=1S/C15H14ClN/c1-10-14-7-6-13(16)9-12(14)5-4-11-3-2-8-17-15(10)11/h2-3,6-10H,4-5H2,1H3/t10-/m1/s1. The quantitative estimate of drug-likeness (QED) is 0.682. The van der Waals surface area contributed by atoms with E-state index in [4.69, 9.17) is 11.6 Å². The van der Waals surface area contributed by atoms with Crippen molar-refractivity contribution < 1.29 is 0 Å². The summed E-state index contributed by atoms with van der Waals surface area (Å²) in [6, 6.07) is 10.4. The molecule has 0 spiro atoms. The molecule has 1 aliphatic carbocycles. The predicted octanol–water partition coefficient (Wildman–Crippen LogP) is 3.99. The second kappa shape index (κ2) is 4.15. The number of pyridine rings is 1. The Hall–Kier alpha value is -1.34. The Labute approximate surface area is 106 Å². The Morgan fingerprint density at radius 2 is 2.00 bits per heavy atom. The highest BCUT2D eigenvalue weighted by Gasteiger charge is 2.20. The van der Waals surface area contributed by atoms with E-state index in [0.29, 0.717) is 5.92 Å². The van der Waals surface area contributed by atoms with Gasteiger partial charge in [-0.2, -0.15) is 0 Å². The van der Waals surface area contributed by atoms with Crippen LogP contribution in [0.15, 0.2) is 36.5 Å². The molecule has 1 heterocycles. The number of hydrogen-bond donors (Lipinski definition) is 0. The van der Waals surface area contributed by atoms with E-state index in [-0.39, 0.29) is 0 Å². The molecule has 0 unspecified atom stereocenters. The van der Waals surface area contributed by atoms with Crippen LogP contribution in [-0.2, 0) is 12.8 Å². The number of benzene rings is 1. The largest absolute Gasteiger partial charge is 0.260 e. The lowest BCUT2D eigenvalue weighted by atomic mass is 9.93. The van der Waals surface area contributed by atoms with Gasteiger partial charge in [0.1, 0.15) is 0 Å². The van der Waals surface area contributed by atoms with Crippen molar-refractivity contribution in [3.8, 4) is 0 Å². The average molecular weight is 244 g/mol. The molecule has 0 amide bonds. The normalized spacial score (nSPS) is 18.1. The lowest BCUT2D eigenvalue weighted by Crippen LogP contribution is -2.01. The fourth-order valence-electron chi connectivity index (χ4n) is 2.68. The van der Waals surface area contributed by atoms with E-state index in [1.165, 1.54) is 22.4 Å². The molecular weight excluding hydrogens is 230 g/mol. The number of hydrogen-bond acceptors (Lipinski definition) is 1. The summed E-state index contributed by atoms with van der Waals surface area (Å²) in [5.41, 5.74) is 5.32. The first-order chi connectivity index (χ1) is 8.25. The van der Waals surface area contributed by atoms with E-state index in [1.807, 2.05) is 18.3 Å². The highest BCUT2D eigenvalue weighted by atomic mass is 35.5. The van der Waals surface area contributed by atoms with Crippen LogP contribution >= 0.6 is 11.6 Å². The minimum atomic E-state index is 0.362. The van der Waals surface area contributed by atoms with Crippen LogP contribution in [0.1, 0.15) is 35.2 Å². The summed E-state index contributed by atoms with van der Waals surface area (Å²) in [6.45, 7) is 2.23. The summed E-state index contributed by atoms with van der Waals surface area (Å²) in [5.74, 6) is 0.362. The number of nitrogens with zero attached hydrogens (tertiary/aromatic N) is 1. The van der Waals surface area contributed by atoms with Crippen LogP contribution in [0.4, 0.5) is 0 Å². The Bertz CT molecular complexity index is 563. The van der Waals surface area contributed by atoms with Crippen LogP contribution in [0, 0.1) is 0 Å². The van der Waals surface area contributed by atoms with E-state index < -0.39 is 0 Å². The highest BCUT2D eigenvalue weighted by molar-refractivity contribution is 6.30. The van der Waals surface area contributed by atoms with Gasteiger partial charge in [0.15, 0.2) is 0 Å². The van der Waals surface area contributed by atoms with Gasteiger partial charge in [-0.05, 0) is 47.7 Å². The molecule has 1 aliphatic rings. The predicted molar refractivity (Wildman–Crippen MR) is 70.6 cm³/mol. The molecule has 3 rings (SSSR count). The molecule has 0 fully saturated rings. The molecule has 1 atom stereocenters. The molecule has 17 heavy (non-hydrogen) atoms. The van der Waals surface area contributed by atoms with Crippen molar-refractivity contribution in [3.63, 3.8) is 0 Å². The van der Waals surface area contributed by atoms with Crippen LogP contribution in [-0.4, -0.2) is 4.98 Å². The van der Waals surface area contributed by atoms with Crippen molar-refractivity contribution in [1.29, 1.82) is 0 Å². The molecule has 0 saturated carbocycles. The Morgan fingerprint density at radius 1 is 1.18 bits per heavy atom. The zero-order valence-electron chi connectivity index (χ0n) is 9.78. The molecule has 2 aromatic rings. The minimum absolute atomic E-state index is 0.362. The van der Waals surface area contributed by atoms with E-state index in [9.17, 15) is 0 Å². The zero-order valence-corrected chi connectivity index (χ0v) is 10.5. The summed E-state index contributed by atoms with van der Waals surface area (Å²) >= 11 is 6.07. The minimum Gasteiger partial charge on any atom is -0.260 e. The Morgan fingerprint density at radius 3 is 2.88 bits per heavy atom. The lowest BCUT2D eigenvalue weighted by molar-refractivity contribution is 0.860. The van der Waals surface area contributed by atoms with Gasteiger partial charge in [-0.3, -0.25) is 4.98 Å². The molecule has 2 heteroatoms. The van der Waals surface area contributed by atoms with Crippen LogP contribution in [0.2, 0.25) is 5.02 Å². The van der Waals surface area contributed by atoms with E-state index in [2.05, 4.69) is 30.1 Å². The first kappa shape index (κ1) is 10.8. The second-order valence-corrected chi connectivity index (χ2v) is 5.05. The van der Waals surface area contributed by atoms with Crippen molar-refractivity contribution in [1.82, 2.24) is 4.98 Å². The molecule has 0 bridgehead atoms. The number of aryl methyl sites for hydroxylation is 2. The summed E-state index contributed by atoms with van der Waals surface area (Å²) in [5, 5.41) is 0.829. The molecule has 1 aromatic carbocycles. The molecular formula is C15H14ClN. The van der Waals surface area contributed by atoms with Crippen molar-refractivity contribution >= 4 is 11.6 Å². The maximum Gasteiger partial charge on any atom is 0.0507 e. The van der Waals surface area contributed by atoms with Crippen molar-refractivity contribution in [2.75, 3.05) is 0 Å². The monoisotopic (exact) mass is 243 g/mol. The third kappa shape index (κ3) is 1.85. The van der Waals surface area contributed by atoms with Crippen LogP contribution in [0.5, 0.6) is 0 Å². The zero-order chi connectivity index (χ0) is 11.8. The first-order valence-electron chi connectivity index (χ1n) is 5.98. The Kier molecular flexibility index (Phi) is 2.64. The maximum atomic E-state index is 6.07. The summed E-state index contributed by atoms with van der Waals surface area (Å²) in [7, 11) is 0. The van der Waals surface area contributed by atoms with Crippen LogP contribution in [0.3, 0.4) is 0 Å². The molecule has 1 nitrogen and oxygen atoms in total. The van der Waals surface area contributed by atoms with E-state index in [0.717, 1.165) is 17.9 Å². The topological polar surface area (TPSA) is 12.9 Å². The van der Waals surface area contributed by atoms with Gasteiger partial charge in [-0.15, -0.1) is 0 Å². The lowest BCUT2D eigenvalue weighted by Gasteiger charge is -2.14. The number of rotatable bonds is 0. The van der Waals surface area contributed by atoms with Gasteiger partial charge < -0.3 is 0 Å². The van der Waals surface area contributed by atoms with Gasteiger partial charge >= 0.3 is 0 Å². The Balaban J connectivity index is 2.16. The van der Waals surface area contributed by atoms with E-state index in [1.54, 1.807) is 0 Å². The summed E-state index contributed by atoms with van der Waals surface area (Å²) in [6.07, 6.45) is 4.00.